The van der Waals surface area contributed by atoms with Crippen LogP contribution in [0.2, 0.25) is 0 Å². The molecule has 2 atom stereocenters. The van der Waals surface area contributed by atoms with E-state index in [1.165, 1.54) is 27.2 Å². The van der Waals surface area contributed by atoms with Crippen LogP contribution >= 0.6 is 0 Å². The molecular weight excluding hydrogens is 432 g/mol. The number of fused-ring (bicyclic) bond motifs is 3. The summed E-state index contributed by atoms with van der Waals surface area (Å²) in [4.78, 5) is 38.0. The molecule has 1 saturated heterocycles. The van der Waals surface area contributed by atoms with E-state index in [0.717, 1.165) is 12.8 Å². The molecule has 2 aliphatic rings. The van der Waals surface area contributed by atoms with Gasteiger partial charge in [-0.2, -0.15) is 0 Å². The predicted molar refractivity (Wildman–Crippen MR) is 128 cm³/mol. The van der Waals surface area contributed by atoms with Crippen molar-refractivity contribution in [3.63, 3.8) is 0 Å². The smallest absolute Gasteiger partial charge is 0.407 e. The number of likely N-dealkylation sites (tertiary alicyclic amines) is 1. The largest absolute Gasteiger partial charge is 0.480 e. The van der Waals surface area contributed by atoms with Crippen LogP contribution in [-0.4, -0.2) is 53.7 Å². The minimum absolute atomic E-state index is 0.0162. The number of nitrogens with one attached hydrogen (secondary N) is 1. The predicted octanol–water partition coefficient (Wildman–Crippen LogP) is 4.41. The van der Waals surface area contributed by atoms with Crippen LogP contribution in [0.1, 0.15) is 56.1 Å². The Morgan fingerprint density at radius 3 is 2.35 bits per heavy atom. The van der Waals surface area contributed by atoms with Gasteiger partial charge in [-0.05, 0) is 54.4 Å². The molecule has 2 N–H and O–H groups in total. The number of hydrogen-bond acceptors (Lipinski definition) is 4. The van der Waals surface area contributed by atoms with Crippen molar-refractivity contribution in [2.45, 2.75) is 51.0 Å². The van der Waals surface area contributed by atoms with Gasteiger partial charge in [0.15, 0.2) is 0 Å². The average Bonchev–Trinajstić information content (AvgIpc) is 3.18. The van der Waals surface area contributed by atoms with Crippen molar-refractivity contribution >= 4 is 18.0 Å². The number of benzene rings is 2. The second-order valence-corrected chi connectivity index (χ2v) is 9.18. The number of carboxylic acids is 1. The molecule has 0 saturated carbocycles. The summed E-state index contributed by atoms with van der Waals surface area (Å²) in [6.45, 7) is 2.98. The molecule has 0 spiro atoms. The van der Waals surface area contributed by atoms with E-state index in [9.17, 15) is 19.5 Å². The molecule has 0 aromatic heterocycles. The normalized spacial score (nSPS) is 18.0. The SMILES string of the molecule is CC(CCCNC(=O)OCC1c2ccccc2-c2ccccc21)C(=O)N1CCCC[C@H]1C(=O)O. The quantitative estimate of drug-likeness (QED) is 0.565. The fourth-order valence-electron chi connectivity index (χ4n) is 5.11. The number of hydrogen-bond donors (Lipinski definition) is 2. The molecule has 1 heterocycles. The first-order chi connectivity index (χ1) is 16.5. The van der Waals surface area contributed by atoms with E-state index in [0.29, 0.717) is 32.4 Å². The molecule has 180 valence electrons. The Bertz CT molecular complexity index is 1010. The molecular formula is C27H32N2O5. The van der Waals surface area contributed by atoms with Crippen molar-refractivity contribution in [3.05, 3.63) is 59.7 Å². The van der Waals surface area contributed by atoms with Gasteiger partial charge in [0.05, 0.1) is 0 Å². The first-order valence-corrected chi connectivity index (χ1v) is 12.1. The van der Waals surface area contributed by atoms with Crippen LogP contribution in [-0.2, 0) is 14.3 Å². The number of ether oxygens (including phenoxy) is 1. The Morgan fingerprint density at radius 2 is 1.71 bits per heavy atom. The molecule has 34 heavy (non-hydrogen) atoms. The van der Waals surface area contributed by atoms with Crippen LogP contribution in [0.3, 0.4) is 0 Å². The molecule has 2 amide bonds. The summed E-state index contributed by atoms with van der Waals surface area (Å²) >= 11 is 0. The average molecular weight is 465 g/mol. The highest BCUT2D eigenvalue weighted by atomic mass is 16.5. The highest BCUT2D eigenvalue weighted by molar-refractivity contribution is 5.85. The van der Waals surface area contributed by atoms with Gasteiger partial charge in [0.1, 0.15) is 12.6 Å². The van der Waals surface area contributed by atoms with Gasteiger partial charge >= 0.3 is 12.1 Å². The highest BCUT2D eigenvalue weighted by Crippen LogP contribution is 2.44. The van der Waals surface area contributed by atoms with Crippen molar-refractivity contribution in [2.24, 2.45) is 5.92 Å². The maximum atomic E-state index is 12.7. The number of piperidine rings is 1. The number of carbonyl (C=O) groups is 3. The summed E-state index contributed by atoms with van der Waals surface area (Å²) < 4.78 is 5.54. The fourth-order valence-corrected chi connectivity index (χ4v) is 5.11. The van der Waals surface area contributed by atoms with Crippen molar-refractivity contribution in [2.75, 3.05) is 19.7 Å². The zero-order chi connectivity index (χ0) is 24.1. The summed E-state index contributed by atoms with van der Waals surface area (Å²) in [6.07, 6.45) is 2.90. The molecule has 7 heteroatoms. The molecule has 2 aromatic rings. The van der Waals surface area contributed by atoms with Gasteiger partial charge in [-0.1, -0.05) is 55.5 Å². The molecule has 7 nitrogen and oxygen atoms in total. The molecule has 0 radical (unpaired) electrons. The second kappa shape index (κ2) is 10.7. The second-order valence-electron chi connectivity index (χ2n) is 9.18. The number of alkyl carbamates (subject to hydrolysis) is 1. The molecule has 1 unspecified atom stereocenters. The summed E-state index contributed by atoms with van der Waals surface area (Å²) in [5.41, 5.74) is 4.71. The lowest BCUT2D eigenvalue weighted by Crippen LogP contribution is -2.49. The van der Waals surface area contributed by atoms with E-state index >= 15 is 0 Å². The Balaban J connectivity index is 1.22. The summed E-state index contributed by atoms with van der Waals surface area (Å²) in [7, 11) is 0. The van der Waals surface area contributed by atoms with Gasteiger partial charge in [-0.25, -0.2) is 9.59 Å². The molecule has 2 aromatic carbocycles. The van der Waals surface area contributed by atoms with Crippen LogP contribution in [0.25, 0.3) is 11.1 Å². The lowest BCUT2D eigenvalue weighted by atomic mass is 9.97. The van der Waals surface area contributed by atoms with Crippen molar-refractivity contribution in [1.29, 1.82) is 0 Å². The van der Waals surface area contributed by atoms with E-state index in [1.807, 2.05) is 31.2 Å². The highest BCUT2D eigenvalue weighted by Gasteiger charge is 2.34. The zero-order valence-electron chi connectivity index (χ0n) is 19.5. The maximum Gasteiger partial charge on any atom is 0.407 e. The third-order valence-electron chi connectivity index (χ3n) is 6.92. The van der Waals surface area contributed by atoms with Crippen molar-refractivity contribution in [1.82, 2.24) is 10.2 Å². The van der Waals surface area contributed by atoms with E-state index in [2.05, 4.69) is 29.6 Å². The first kappa shape index (κ1) is 23.8. The summed E-state index contributed by atoms with van der Waals surface area (Å²) in [5, 5.41) is 12.2. The summed E-state index contributed by atoms with van der Waals surface area (Å²) in [5.74, 6) is -1.32. The van der Waals surface area contributed by atoms with Gasteiger partial charge in [0, 0.05) is 24.9 Å². The van der Waals surface area contributed by atoms with Crippen molar-refractivity contribution in [3.8, 4) is 11.1 Å². The third kappa shape index (κ3) is 5.08. The van der Waals surface area contributed by atoms with Gasteiger partial charge in [0.2, 0.25) is 5.91 Å². The zero-order valence-corrected chi connectivity index (χ0v) is 19.5. The minimum atomic E-state index is -0.933. The Hall–Kier alpha value is -3.35. The Kier molecular flexibility index (Phi) is 7.50. The van der Waals surface area contributed by atoms with Crippen LogP contribution in [0.4, 0.5) is 4.79 Å². The Labute approximate surface area is 200 Å². The van der Waals surface area contributed by atoms with Gasteiger partial charge in [-0.3, -0.25) is 4.79 Å². The summed E-state index contributed by atoms with van der Waals surface area (Å²) in [6, 6.07) is 15.7. The van der Waals surface area contributed by atoms with Gasteiger partial charge < -0.3 is 20.1 Å². The van der Waals surface area contributed by atoms with Crippen LogP contribution in [0.5, 0.6) is 0 Å². The monoisotopic (exact) mass is 464 g/mol. The maximum absolute atomic E-state index is 12.7. The van der Waals surface area contributed by atoms with Crippen molar-refractivity contribution < 1.29 is 24.2 Å². The van der Waals surface area contributed by atoms with Crippen LogP contribution in [0.15, 0.2) is 48.5 Å². The lowest BCUT2D eigenvalue weighted by Gasteiger charge is -2.34. The van der Waals surface area contributed by atoms with Crippen LogP contribution < -0.4 is 5.32 Å². The van der Waals surface area contributed by atoms with Crippen LogP contribution in [0, 0.1) is 5.92 Å². The minimum Gasteiger partial charge on any atom is -0.480 e. The van der Waals surface area contributed by atoms with E-state index in [4.69, 9.17) is 4.74 Å². The topological polar surface area (TPSA) is 95.9 Å². The molecule has 0 bridgehead atoms. The van der Waals surface area contributed by atoms with E-state index in [-0.39, 0.29) is 24.3 Å². The number of carboxylic acid groups (broad SMARTS) is 1. The number of aliphatic carboxylic acids is 1. The van der Waals surface area contributed by atoms with E-state index in [1.54, 1.807) is 0 Å². The molecule has 1 fully saturated rings. The molecule has 1 aliphatic heterocycles. The van der Waals surface area contributed by atoms with Gasteiger partial charge in [-0.15, -0.1) is 0 Å². The first-order valence-electron chi connectivity index (χ1n) is 12.1. The number of nitrogens with zero attached hydrogens (tertiary/aromatic N) is 1. The number of amides is 2. The molecule has 1 aliphatic carbocycles. The fraction of sp³-hybridized carbons (Fsp3) is 0.444. The lowest BCUT2D eigenvalue weighted by molar-refractivity contribution is -0.153. The number of rotatable bonds is 8. The van der Waals surface area contributed by atoms with Gasteiger partial charge in [0.25, 0.3) is 0 Å². The standard InChI is InChI=1S/C27H32N2O5/c1-18(25(30)29-16-7-6-14-24(29)26(31)32)9-8-15-28-27(33)34-17-23-21-12-4-2-10-19(21)20-11-3-5-13-22(20)23/h2-5,10-13,18,23-24H,6-9,14-17H2,1H3,(H,28,33)(H,31,32)/t18?,24-/m0/s1. The molecule has 4 rings (SSSR count). The number of carbonyl (C=O) groups excluding carboxylic acids is 2. The third-order valence-corrected chi connectivity index (χ3v) is 6.92. The Morgan fingerprint density at radius 1 is 1.06 bits per heavy atom. The van der Waals surface area contributed by atoms with E-state index < -0.39 is 18.1 Å².